The number of carbonyl (C=O) groups excluding carboxylic acids is 1. The molecule has 1 aliphatic heterocycles. The van der Waals surface area contributed by atoms with Crippen molar-refractivity contribution in [3.05, 3.63) is 35.4 Å². The van der Waals surface area contributed by atoms with Crippen molar-refractivity contribution >= 4 is 17.7 Å². The van der Waals surface area contributed by atoms with Gasteiger partial charge in [0.25, 0.3) is 0 Å². The van der Waals surface area contributed by atoms with E-state index in [2.05, 4.69) is 12.1 Å². The average Bonchev–Trinajstić information content (AvgIpc) is 2.78. The number of nitrogens with two attached hydrogens (primary N) is 1. The maximum Gasteiger partial charge on any atom is 0.240 e. The van der Waals surface area contributed by atoms with Crippen LogP contribution in [-0.4, -0.2) is 28.9 Å². The number of carbonyl (C=O) groups is 1. The van der Waals surface area contributed by atoms with Crippen LogP contribution in [0.1, 0.15) is 17.5 Å². The molecule has 1 aromatic rings. The Morgan fingerprint density at radius 3 is 2.53 bits per heavy atom. The molecule has 0 bridgehead atoms. The highest BCUT2D eigenvalue weighted by molar-refractivity contribution is 7.98. The normalized spacial score (nSPS) is 15.8. The third-order valence-electron chi connectivity index (χ3n) is 3.10. The fourth-order valence-corrected chi connectivity index (χ4v) is 2.58. The molecule has 0 spiro atoms. The summed E-state index contributed by atoms with van der Waals surface area (Å²) in [5, 5.41) is 0. The predicted octanol–water partition coefficient (Wildman–Crippen LogP) is 1.61. The van der Waals surface area contributed by atoms with E-state index in [4.69, 9.17) is 5.73 Å². The van der Waals surface area contributed by atoms with Crippen molar-refractivity contribution in [2.75, 3.05) is 12.0 Å². The van der Waals surface area contributed by atoms with E-state index in [1.165, 1.54) is 11.1 Å². The first kappa shape index (κ1) is 12.5. The zero-order valence-electron chi connectivity index (χ0n) is 10.1. The number of amides is 1. The molecule has 0 aliphatic carbocycles. The molecule has 0 saturated carbocycles. The Balaban J connectivity index is 1.96. The van der Waals surface area contributed by atoms with Gasteiger partial charge >= 0.3 is 0 Å². The summed E-state index contributed by atoms with van der Waals surface area (Å²) in [6.45, 7) is 1.42. The largest absolute Gasteiger partial charge is 0.333 e. The number of benzene rings is 1. The second-order valence-electron chi connectivity index (χ2n) is 4.35. The lowest BCUT2D eigenvalue weighted by Crippen LogP contribution is -2.41. The summed E-state index contributed by atoms with van der Waals surface area (Å²) >= 11 is 1.73. The van der Waals surface area contributed by atoms with Crippen molar-refractivity contribution < 1.29 is 4.79 Å². The monoisotopic (exact) mass is 250 g/mol. The highest BCUT2D eigenvalue weighted by Gasteiger charge is 2.26. The van der Waals surface area contributed by atoms with Gasteiger partial charge in [0.15, 0.2) is 0 Å². The van der Waals surface area contributed by atoms with Gasteiger partial charge in [-0.05, 0) is 29.6 Å². The van der Waals surface area contributed by atoms with E-state index in [9.17, 15) is 4.79 Å². The Morgan fingerprint density at radius 2 is 2.00 bits per heavy atom. The highest BCUT2D eigenvalue weighted by Crippen LogP contribution is 2.22. The van der Waals surface area contributed by atoms with Gasteiger partial charge in [-0.25, -0.2) is 0 Å². The minimum atomic E-state index is -0.350. The van der Waals surface area contributed by atoms with Crippen molar-refractivity contribution in [1.82, 2.24) is 4.90 Å². The van der Waals surface area contributed by atoms with Crippen LogP contribution in [0.15, 0.2) is 24.3 Å². The number of hydrogen-bond donors (Lipinski definition) is 1. The smallest absolute Gasteiger partial charge is 0.240 e. The fourth-order valence-electron chi connectivity index (χ4n) is 2.09. The minimum Gasteiger partial charge on any atom is -0.333 e. The van der Waals surface area contributed by atoms with Crippen molar-refractivity contribution in [2.45, 2.75) is 25.6 Å². The van der Waals surface area contributed by atoms with Crippen LogP contribution in [0, 0.1) is 0 Å². The lowest BCUT2D eigenvalue weighted by Gasteiger charge is -2.20. The Hall–Kier alpha value is -1.00. The number of thioether (sulfide) groups is 1. The molecule has 4 heteroatoms. The molecule has 0 fully saturated rings. The molecule has 1 amide bonds. The molecule has 2 N–H and O–H groups in total. The topological polar surface area (TPSA) is 46.3 Å². The van der Waals surface area contributed by atoms with Crippen LogP contribution >= 0.6 is 11.8 Å². The van der Waals surface area contributed by atoms with Crippen molar-refractivity contribution in [3.63, 3.8) is 0 Å². The molecule has 0 radical (unpaired) electrons. The number of nitrogens with zero attached hydrogens (tertiary/aromatic N) is 1. The molecule has 2 rings (SSSR count). The molecule has 92 valence electrons. The zero-order valence-corrected chi connectivity index (χ0v) is 10.9. The SMILES string of the molecule is CSCCC(N)C(=O)N1Cc2ccccc2C1. The second-order valence-corrected chi connectivity index (χ2v) is 5.34. The molecule has 3 nitrogen and oxygen atoms in total. The number of rotatable bonds is 4. The van der Waals surface area contributed by atoms with Crippen LogP contribution in [0.2, 0.25) is 0 Å². The Labute approximate surface area is 106 Å². The molecule has 0 aromatic heterocycles. The van der Waals surface area contributed by atoms with Gasteiger partial charge in [0, 0.05) is 13.1 Å². The standard InChI is InChI=1S/C13H18N2OS/c1-17-7-6-12(14)13(16)15-8-10-4-2-3-5-11(10)9-15/h2-5,12H,6-9,14H2,1H3. The van der Waals surface area contributed by atoms with Crippen LogP contribution in [0.3, 0.4) is 0 Å². The van der Waals surface area contributed by atoms with Crippen LogP contribution in [0.5, 0.6) is 0 Å². The molecule has 17 heavy (non-hydrogen) atoms. The van der Waals surface area contributed by atoms with E-state index >= 15 is 0 Å². The van der Waals surface area contributed by atoms with E-state index < -0.39 is 0 Å². The van der Waals surface area contributed by atoms with E-state index in [1.54, 1.807) is 11.8 Å². The van der Waals surface area contributed by atoms with Gasteiger partial charge in [0.2, 0.25) is 5.91 Å². The first-order chi connectivity index (χ1) is 8.22. The molecular formula is C13H18N2OS. The quantitative estimate of drug-likeness (QED) is 0.883. The number of hydrogen-bond acceptors (Lipinski definition) is 3. The van der Waals surface area contributed by atoms with E-state index in [0.29, 0.717) is 13.1 Å². The molecule has 1 atom stereocenters. The van der Waals surface area contributed by atoms with Crippen molar-refractivity contribution in [2.24, 2.45) is 5.73 Å². The maximum atomic E-state index is 12.1. The minimum absolute atomic E-state index is 0.0789. The predicted molar refractivity (Wildman–Crippen MR) is 71.7 cm³/mol. The molecule has 1 aromatic carbocycles. The molecule has 1 aliphatic rings. The third kappa shape index (κ3) is 2.82. The molecular weight excluding hydrogens is 232 g/mol. The summed E-state index contributed by atoms with van der Waals surface area (Å²) < 4.78 is 0. The van der Waals surface area contributed by atoms with Crippen LogP contribution in [0.4, 0.5) is 0 Å². The lowest BCUT2D eigenvalue weighted by atomic mass is 10.1. The molecule has 0 saturated heterocycles. The maximum absolute atomic E-state index is 12.1. The summed E-state index contributed by atoms with van der Waals surface area (Å²) in [6, 6.07) is 7.84. The summed E-state index contributed by atoms with van der Waals surface area (Å²) in [7, 11) is 0. The van der Waals surface area contributed by atoms with Gasteiger partial charge in [-0.1, -0.05) is 24.3 Å². The van der Waals surface area contributed by atoms with Crippen molar-refractivity contribution in [3.8, 4) is 0 Å². The van der Waals surface area contributed by atoms with Crippen LogP contribution in [0.25, 0.3) is 0 Å². The van der Waals surface area contributed by atoms with E-state index in [0.717, 1.165) is 12.2 Å². The van der Waals surface area contributed by atoms with Gasteiger partial charge in [0.05, 0.1) is 6.04 Å². The third-order valence-corrected chi connectivity index (χ3v) is 3.75. The van der Waals surface area contributed by atoms with Gasteiger partial charge in [-0.3, -0.25) is 4.79 Å². The summed E-state index contributed by atoms with van der Waals surface area (Å²) in [6.07, 6.45) is 2.79. The zero-order chi connectivity index (χ0) is 12.3. The van der Waals surface area contributed by atoms with Gasteiger partial charge < -0.3 is 10.6 Å². The summed E-state index contributed by atoms with van der Waals surface area (Å²) in [5.41, 5.74) is 8.41. The van der Waals surface area contributed by atoms with E-state index in [-0.39, 0.29) is 11.9 Å². The molecule has 1 heterocycles. The summed E-state index contributed by atoms with van der Waals surface area (Å²) in [5.74, 6) is 1.02. The van der Waals surface area contributed by atoms with Gasteiger partial charge in [0.1, 0.15) is 0 Å². The fraction of sp³-hybridized carbons (Fsp3) is 0.462. The second kappa shape index (κ2) is 5.56. The van der Waals surface area contributed by atoms with Gasteiger partial charge in [-0.2, -0.15) is 11.8 Å². The van der Waals surface area contributed by atoms with E-state index in [1.807, 2.05) is 23.3 Å². The first-order valence-corrected chi connectivity index (χ1v) is 7.22. The van der Waals surface area contributed by atoms with Crippen molar-refractivity contribution in [1.29, 1.82) is 0 Å². The Bertz CT molecular complexity index is 383. The Morgan fingerprint density at radius 1 is 1.41 bits per heavy atom. The van der Waals surface area contributed by atoms with Gasteiger partial charge in [-0.15, -0.1) is 0 Å². The Kier molecular flexibility index (Phi) is 4.07. The number of fused-ring (bicyclic) bond motifs is 1. The molecule has 1 unspecified atom stereocenters. The first-order valence-electron chi connectivity index (χ1n) is 5.82. The summed E-state index contributed by atoms with van der Waals surface area (Å²) in [4.78, 5) is 14.0. The highest BCUT2D eigenvalue weighted by atomic mass is 32.2. The lowest BCUT2D eigenvalue weighted by molar-refractivity contribution is -0.133. The van der Waals surface area contributed by atoms with Crippen LogP contribution in [-0.2, 0) is 17.9 Å². The average molecular weight is 250 g/mol. The van der Waals surface area contributed by atoms with Crippen LogP contribution < -0.4 is 5.73 Å².